The third kappa shape index (κ3) is 3.27. The fraction of sp³-hybridized carbons (Fsp3) is 0.417. The summed E-state index contributed by atoms with van der Waals surface area (Å²) in [5, 5.41) is 9.37. The van der Waals surface area contributed by atoms with Gasteiger partial charge >= 0.3 is 0 Å². The Labute approximate surface area is 89.7 Å². The first-order valence-electron chi connectivity index (χ1n) is 5.08. The third-order valence-electron chi connectivity index (χ3n) is 2.21. The van der Waals surface area contributed by atoms with Gasteiger partial charge in [0.15, 0.2) is 5.78 Å². The Morgan fingerprint density at radius 1 is 1.40 bits per heavy atom. The standard InChI is InChI=1S/C12H16O3/c1-3-4-5-12(14)9-6-10(13)8-11(7-9)15-2/h6-8,13H,3-5H2,1-2H3. The first-order valence-corrected chi connectivity index (χ1v) is 5.08. The summed E-state index contributed by atoms with van der Waals surface area (Å²) in [6, 6.07) is 4.61. The summed E-state index contributed by atoms with van der Waals surface area (Å²) < 4.78 is 4.98. The molecule has 82 valence electrons. The highest BCUT2D eigenvalue weighted by molar-refractivity contribution is 5.96. The molecule has 1 aromatic rings. The lowest BCUT2D eigenvalue weighted by atomic mass is 10.1. The number of hydrogen-bond donors (Lipinski definition) is 1. The van der Waals surface area contributed by atoms with Crippen LogP contribution in [0.4, 0.5) is 0 Å². The topological polar surface area (TPSA) is 46.5 Å². The second kappa shape index (κ2) is 5.39. The predicted molar refractivity (Wildman–Crippen MR) is 58.5 cm³/mol. The van der Waals surface area contributed by atoms with Crippen molar-refractivity contribution in [2.45, 2.75) is 26.2 Å². The molecule has 0 aliphatic heterocycles. The molecular weight excluding hydrogens is 192 g/mol. The molecule has 0 aliphatic rings. The van der Waals surface area contributed by atoms with Crippen LogP contribution in [0.15, 0.2) is 18.2 Å². The zero-order valence-electron chi connectivity index (χ0n) is 9.12. The molecule has 0 unspecified atom stereocenters. The molecule has 0 aromatic heterocycles. The number of phenols is 1. The van der Waals surface area contributed by atoms with Gasteiger partial charge in [-0.2, -0.15) is 0 Å². The molecule has 0 heterocycles. The van der Waals surface area contributed by atoms with Gasteiger partial charge in [0.2, 0.25) is 0 Å². The molecule has 1 rings (SSSR count). The Morgan fingerprint density at radius 2 is 2.13 bits per heavy atom. The molecule has 1 aromatic carbocycles. The van der Waals surface area contributed by atoms with Crippen molar-refractivity contribution >= 4 is 5.78 Å². The average molecular weight is 208 g/mol. The van der Waals surface area contributed by atoms with Crippen molar-refractivity contribution in [3.05, 3.63) is 23.8 Å². The van der Waals surface area contributed by atoms with Crippen molar-refractivity contribution in [1.29, 1.82) is 0 Å². The Hall–Kier alpha value is -1.51. The van der Waals surface area contributed by atoms with E-state index in [4.69, 9.17) is 4.74 Å². The summed E-state index contributed by atoms with van der Waals surface area (Å²) in [5.74, 6) is 0.620. The van der Waals surface area contributed by atoms with Crippen LogP contribution >= 0.6 is 0 Å². The second-order valence-corrected chi connectivity index (χ2v) is 3.45. The number of benzene rings is 1. The molecule has 0 aliphatic carbocycles. The zero-order valence-corrected chi connectivity index (χ0v) is 9.12. The molecule has 0 radical (unpaired) electrons. The number of ketones is 1. The SMILES string of the molecule is CCCCC(=O)c1cc(O)cc(OC)c1. The van der Waals surface area contributed by atoms with Crippen molar-refractivity contribution in [2.75, 3.05) is 7.11 Å². The van der Waals surface area contributed by atoms with E-state index in [2.05, 4.69) is 0 Å². The molecule has 0 atom stereocenters. The van der Waals surface area contributed by atoms with E-state index in [0.29, 0.717) is 17.7 Å². The number of hydrogen-bond acceptors (Lipinski definition) is 3. The van der Waals surface area contributed by atoms with E-state index in [0.717, 1.165) is 12.8 Å². The summed E-state index contributed by atoms with van der Waals surface area (Å²) >= 11 is 0. The minimum Gasteiger partial charge on any atom is -0.508 e. The molecule has 3 heteroatoms. The fourth-order valence-electron chi connectivity index (χ4n) is 1.34. The Kier molecular flexibility index (Phi) is 4.16. The lowest BCUT2D eigenvalue weighted by Crippen LogP contribution is -1.99. The summed E-state index contributed by atoms with van der Waals surface area (Å²) in [7, 11) is 1.51. The van der Waals surface area contributed by atoms with Crippen molar-refractivity contribution in [3.63, 3.8) is 0 Å². The van der Waals surface area contributed by atoms with Gasteiger partial charge in [0.25, 0.3) is 0 Å². The molecule has 0 bridgehead atoms. The molecule has 0 fully saturated rings. The Bertz CT molecular complexity index is 345. The lowest BCUT2D eigenvalue weighted by molar-refractivity contribution is 0.0979. The van der Waals surface area contributed by atoms with E-state index in [1.165, 1.54) is 19.2 Å². The van der Waals surface area contributed by atoms with Crippen LogP contribution < -0.4 is 4.74 Å². The van der Waals surface area contributed by atoms with Crippen LogP contribution in [-0.2, 0) is 0 Å². The van der Waals surface area contributed by atoms with Crippen LogP contribution in [0.1, 0.15) is 36.5 Å². The monoisotopic (exact) mass is 208 g/mol. The number of rotatable bonds is 5. The number of carbonyl (C=O) groups is 1. The van der Waals surface area contributed by atoms with Crippen molar-refractivity contribution in [3.8, 4) is 11.5 Å². The average Bonchev–Trinajstić information content (AvgIpc) is 2.24. The minimum absolute atomic E-state index is 0.0473. The Balaban J connectivity index is 2.83. The highest BCUT2D eigenvalue weighted by atomic mass is 16.5. The number of aromatic hydroxyl groups is 1. The molecule has 15 heavy (non-hydrogen) atoms. The highest BCUT2D eigenvalue weighted by Gasteiger charge is 2.08. The van der Waals surface area contributed by atoms with Crippen LogP contribution in [0, 0.1) is 0 Å². The third-order valence-corrected chi connectivity index (χ3v) is 2.21. The van der Waals surface area contributed by atoms with Crippen LogP contribution in [-0.4, -0.2) is 18.0 Å². The molecule has 0 amide bonds. The van der Waals surface area contributed by atoms with Crippen LogP contribution in [0.3, 0.4) is 0 Å². The second-order valence-electron chi connectivity index (χ2n) is 3.45. The van der Waals surface area contributed by atoms with Gasteiger partial charge in [-0.05, 0) is 18.6 Å². The van der Waals surface area contributed by atoms with Gasteiger partial charge < -0.3 is 9.84 Å². The van der Waals surface area contributed by atoms with Crippen molar-refractivity contribution in [1.82, 2.24) is 0 Å². The van der Waals surface area contributed by atoms with Gasteiger partial charge in [-0.3, -0.25) is 4.79 Å². The molecule has 1 N–H and O–H groups in total. The maximum Gasteiger partial charge on any atom is 0.163 e. The van der Waals surface area contributed by atoms with E-state index < -0.39 is 0 Å². The lowest BCUT2D eigenvalue weighted by Gasteiger charge is -2.04. The van der Waals surface area contributed by atoms with Crippen molar-refractivity contribution < 1.29 is 14.6 Å². The van der Waals surface area contributed by atoms with Gasteiger partial charge in [-0.15, -0.1) is 0 Å². The smallest absolute Gasteiger partial charge is 0.163 e. The first kappa shape index (κ1) is 11.6. The van der Waals surface area contributed by atoms with E-state index in [1.54, 1.807) is 6.07 Å². The van der Waals surface area contributed by atoms with Crippen LogP contribution in [0.25, 0.3) is 0 Å². The van der Waals surface area contributed by atoms with Gasteiger partial charge in [0, 0.05) is 18.1 Å². The van der Waals surface area contributed by atoms with Gasteiger partial charge in [-0.25, -0.2) is 0 Å². The minimum atomic E-state index is 0.0473. The number of ether oxygens (including phenoxy) is 1. The fourth-order valence-corrected chi connectivity index (χ4v) is 1.34. The summed E-state index contributed by atoms with van der Waals surface area (Å²) in [4.78, 5) is 11.7. The van der Waals surface area contributed by atoms with Crippen LogP contribution in [0.5, 0.6) is 11.5 Å². The number of carbonyl (C=O) groups excluding carboxylic acids is 1. The normalized spacial score (nSPS) is 10.0. The number of Topliss-reactive ketones (excluding diaryl/α,β-unsaturated/α-hetero) is 1. The molecule has 3 nitrogen and oxygen atoms in total. The first-order chi connectivity index (χ1) is 7.17. The van der Waals surface area contributed by atoms with Gasteiger partial charge in [-0.1, -0.05) is 13.3 Å². The largest absolute Gasteiger partial charge is 0.508 e. The summed E-state index contributed by atoms with van der Waals surface area (Å²) in [6.07, 6.45) is 2.38. The number of phenolic OH excluding ortho intramolecular Hbond substituents is 1. The van der Waals surface area contributed by atoms with Gasteiger partial charge in [0.1, 0.15) is 11.5 Å². The van der Waals surface area contributed by atoms with E-state index in [-0.39, 0.29) is 11.5 Å². The number of unbranched alkanes of at least 4 members (excludes halogenated alkanes) is 1. The highest BCUT2D eigenvalue weighted by Crippen LogP contribution is 2.22. The van der Waals surface area contributed by atoms with E-state index in [9.17, 15) is 9.90 Å². The molecule has 0 saturated heterocycles. The van der Waals surface area contributed by atoms with E-state index >= 15 is 0 Å². The molecule has 0 spiro atoms. The summed E-state index contributed by atoms with van der Waals surface area (Å²) in [5.41, 5.74) is 0.514. The predicted octanol–water partition coefficient (Wildman–Crippen LogP) is 2.77. The van der Waals surface area contributed by atoms with Gasteiger partial charge in [0.05, 0.1) is 7.11 Å². The quantitative estimate of drug-likeness (QED) is 0.757. The van der Waals surface area contributed by atoms with E-state index in [1.807, 2.05) is 6.92 Å². The molecular formula is C12H16O3. The summed E-state index contributed by atoms with van der Waals surface area (Å²) in [6.45, 7) is 2.04. The van der Waals surface area contributed by atoms with Crippen molar-refractivity contribution in [2.24, 2.45) is 0 Å². The maximum absolute atomic E-state index is 11.7. The maximum atomic E-state index is 11.7. The number of methoxy groups -OCH3 is 1. The zero-order chi connectivity index (χ0) is 11.3. The van der Waals surface area contributed by atoms with Crippen LogP contribution in [0.2, 0.25) is 0 Å². The Morgan fingerprint density at radius 3 is 2.73 bits per heavy atom. The molecule has 0 saturated carbocycles.